The van der Waals surface area contributed by atoms with Crippen LogP contribution in [-0.4, -0.2) is 32.8 Å². The van der Waals surface area contributed by atoms with Crippen molar-refractivity contribution in [2.75, 3.05) is 20.2 Å². The van der Waals surface area contributed by atoms with E-state index in [0.29, 0.717) is 30.8 Å². The number of halogens is 2. The van der Waals surface area contributed by atoms with E-state index in [1.165, 1.54) is 6.07 Å². The monoisotopic (exact) mass is 343 g/mol. The van der Waals surface area contributed by atoms with Crippen LogP contribution in [0, 0.1) is 5.92 Å². The molecule has 2 N–H and O–H groups in total. The number of aliphatic imine (C=N–C) groups is 1. The van der Waals surface area contributed by atoms with Gasteiger partial charge in [-0.15, -0.1) is 0 Å². The molecule has 0 unspecified atom stereocenters. The standard InChI is InChI=1S/C17H27F2N3O2/c1-5-23-15-10-13(6-7-14(15)24-16(18)19)11-22-17(20-4)21-9-8-12(2)3/h6-7,10,12,16H,5,8-9,11H2,1-4H3,(H2,20,21,22). The van der Waals surface area contributed by atoms with E-state index in [4.69, 9.17) is 4.74 Å². The van der Waals surface area contributed by atoms with Crippen molar-refractivity contribution in [1.82, 2.24) is 10.6 Å². The van der Waals surface area contributed by atoms with Gasteiger partial charge in [0.2, 0.25) is 0 Å². The van der Waals surface area contributed by atoms with Gasteiger partial charge in [-0.3, -0.25) is 4.99 Å². The van der Waals surface area contributed by atoms with Gasteiger partial charge in [0.05, 0.1) is 6.61 Å². The quantitative estimate of drug-likeness (QED) is 0.533. The van der Waals surface area contributed by atoms with Crippen molar-refractivity contribution < 1.29 is 18.3 Å². The number of guanidine groups is 1. The predicted octanol–water partition coefficient (Wildman–Crippen LogP) is 3.40. The Kier molecular flexibility index (Phi) is 8.89. The van der Waals surface area contributed by atoms with Crippen molar-refractivity contribution in [3.63, 3.8) is 0 Å². The first-order valence-corrected chi connectivity index (χ1v) is 8.11. The van der Waals surface area contributed by atoms with Gasteiger partial charge in [-0.25, -0.2) is 0 Å². The van der Waals surface area contributed by atoms with E-state index in [9.17, 15) is 8.78 Å². The third kappa shape index (κ3) is 7.48. The molecule has 0 aliphatic heterocycles. The first kappa shape index (κ1) is 20.0. The van der Waals surface area contributed by atoms with E-state index in [1.54, 1.807) is 26.1 Å². The third-order valence-corrected chi connectivity index (χ3v) is 3.22. The van der Waals surface area contributed by atoms with E-state index in [1.807, 2.05) is 0 Å². The zero-order valence-corrected chi connectivity index (χ0v) is 14.7. The molecule has 0 aromatic heterocycles. The van der Waals surface area contributed by atoms with Crippen molar-refractivity contribution in [3.8, 4) is 11.5 Å². The molecule has 0 fully saturated rings. The Hall–Kier alpha value is -2.05. The first-order valence-electron chi connectivity index (χ1n) is 8.11. The average Bonchev–Trinajstić information content (AvgIpc) is 2.52. The SMILES string of the molecule is CCOc1cc(CNC(=NC)NCCC(C)C)ccc1OC(F)F. The highest BCUT2D eigenvalue weighted by Gasteiger charge is 2.11. The van der Waals surface area contributed by atoms with E-state index in [0.717, 1.165) is 18.5 Å². The van der Waals surface area contributed by atoms with Crippen molar-refractivity contribution in [2.24, 2.45) is 10.9 Å². The Labute approximate surface area is 142 Å². The highest BCUT2D eigenvalue weighted by Crippen LogP contribution is 2.29. The number of hydrogen-bond donors (Lipinski definition) is 2. The minimum atomic E-state index is -2.88. The maximum atomic E-state index is 12.4. The molecule has 136 valence electrons. The molecule has 24 heavy (non-hydrogen) atoms. The van der Waals surface area contributed by atoms with Crippen LogP contribution in [0.2, 0.25) is 0 Å². The van der Waals surface area contributed by atoms with Crippen LogP contribution >= 0.6 is 0 Å². The minimum Gasteiger partial charge on any atom is -0.490 e. The minimum absolute atomic E-state index is 0.0371. The van der Waals surface area contributed by atoms with Crippen molar-refractivity contribution >= 4 is 5.96 Å². The highest BCUT2D eigenvalue weighted by atomic mass is 19.3. The first-order chi connectivity index (χ1) is 11.5. The number of nitrogens with zero attached hydrogens (tertiary/aromatic N) is 1. The summed E-state index contributed by atoms with van der Waals surface area (Å²) in [4.78, 5) is 4.15. The summed E-state index contributed by atoms with van der Waals surface area (Å²) in [5, 5.41) is 6.42. The second kappa shape index (κ2) is 10.7. The fraction of sp³-hybridized carbons (Fsp3) is 0.588. The van der Waals surface area contributed by atoms with Gasteiger partial charge in [0.1, 0.15) is 0 Å². The lowest BCUT2D eigenvalue weighted by Gasteiger charge is -2.15. The largest absolute Gasteiger partial charge is 0.490 e. The number of rotatable bonds is 9. The van der Waals surface area contributed by atoms with Gasteiger partial charge < -0.3 is 20.1 Å². The summed E-state index contributed by atoms with van der Waals surface area (Å²) in [5.41, 5.74) is 0.881. The lowest BCUT2D eigenvalue weighted by Crippen LogP contribution is -2.37. The lowest BCUT2D eigenvalue weighted by atomic mass is 10.1. The summed E-state index contributed by atoms with van der Waals surface area (Å²) in [5.74, 6) is 1.66. The van der Waals surface area contributed by atoms with Gasteiger partial charge in [0.15, 0.2) is 17.5 Å². The number of hydrogen-bond acceptors (Lipinski definition) is 3. The van der Waals surface area contributed by atoms with Crippen molar-refractivity contribution in [3.05, 3.63) is 23.8 Å². The molecule has 5 nitrogen and oxygen atoms in total. The van der Waals surface area contributed by atoms with Gasteiger partial charge >= 0.3 is 6.61 Å². The van der Waals surface area contributed by atoms with Gasteiger partial charge in [0.25, 0.3) is 0 Å². The fourth-order valence-electron chi connectivity index (χ4n) is 2.01. The maximum Gasteiger partial charge on any atom is 0.387 e. The zero-order chi connectivity index (χ0) is 17.9. The molecule has 0 saturated heterocycles. The van der Waals surface area contributed by atoms with Gasteiger partial charge in [0, 0.05) is 20.1 Å². The third-order valence-electron chi connectivity index (χ3n) is 3.22. The van der Waals surface area contributed by atoms with E-state index >= 15 is 0 Å². The summed E-state index contributed by atoms with van der Waals surface area (Å²) in [7, 11) is 1.70. The molecule has 1 rings (SSSR count). The molecular formula is C17H27F2N3O2. The van der Waals surface area contributed by atoms with Crippen LogP contribution in [-0.2, 0) is 6.54 Å². The summed E-state index contributed by atoms with van der Waals surface area (Å²) in [6.45, 7) is 4.94. The Morgan fingerprint density at radius 2 is 1.96 bits per heavy atom. The molecule has 0 bridgehead atoms. The second-order valence-corrected chi connectivity index (χ2v) is 5.63. The number of alkyl halides is 2. The second-order valence-electron chi connectivity index (χ2n) is 5.63. The average molecular weight is 343 g/mol. The molecule has 1 aromatic rings. The van der Waals surface area contributed by atoms with Gasteiger partial charge in [-0.05, 0) is 37.0 Å². The van der Waals surface area contributed by atoms with Gasteiger partial charge in [-0.1, -0.05) is 19.9 Å². The van der Waals surface area contributed by atoms with E-state index < -0.39 is 6.61 Å². The number of ether oxygens (including phenoxy) is 2. The van der Waals surface area contributed by atoms with Gasteiger partial charge in [-0.2, -0.15) is 8.78 Å². The van der Waals surface area contributed by atoms with Crippen LogP contribution in [0.1, 0.15) is 32.8 Å². The highest BCUT2D eigenvalue weighted by molar-refractivity contribution is 5.79. The normalized spacial score (nSPS) is 11.8. The number of nitrogens with one attached hydrogen (secondary N) is 2. The number of benzene rings is 1. The van der Waals surface area contributed by atoms with Crippen LogP contribution in [0.5, 0.6) is 11.5 Å². The Morgan fingerprint density at radius 1 is 1.21 bits per heavy atom. The molecular weight excluding hydrogens is 316 g/mol. The molecule has 1 aromatic carbocycles. The topological polar surface area (TPSA) is 54.9 Å². The summed E-state index contributed by atoms with van der Waals surface area (Å²) >= 11 is 0. The molecule has 0 aliphatic rings. The molecule has 0 radical (unpaired) electrons. The zero-order valence-electron chi connectivity index (χ0n) is 14.7. The molecule has 0 atom stereocenters. The Balaban J connectivity index is 2.64. The molecule has 0 saturated carbocycles. The van der Waals surface area contributed by atoms with E-state index in [2.05, 4.69) is 34.2 Å². The van der Waals surface area contributed by atoms with Crippen LogP contribution in [0.15, 0.2) is 23.2 Å². The van der Waals surface area contributed by atoms with Crippen LogP contribution < -0.4 is 20.1 Å². The summed E-state index contributed by atoms with van der Waals surface area (Å²) < 4.78 is 34.6. The van der Waals surface area contributed by atoms with Crippen LogP contribution in [0.4, 0.5) is 8.78 Å². The molecule has 0 heterocycles. The molecule has 0 spiro atoms. The van der Waals surface area contributed by atoms with Crippen LogP contribution in [0.25, 0.3) is 0 Å². The molecule has 7 heteroatoms. The Bertz CT molecular complexity index is 523. The molecule has 0 aliphatic carbocycles. The predicted molar refractivity (Wildman–Crippen MR) is 91.9 cm³/mol. The lowest BCUT2D eigenvalue weighted by molar-refractivity contribution is -0.0514. The van der Waals surface area contributed by atoms with Crippen molar-refractivity contribution in [2.45, 2.75) is 40.3 Å². The maximum absolute atomic E-state index is 12.4. The fourth-order valence-corrected chi connectivity index (χ4v) is 2.01. The summed E-state index contributed by atoms with van der Waals surface area (Å²) in [6.07, 6.45) is 1.05. The summed E-state index contributed by atoms with van der Waals surface area (Å²) in [6, 6.07) is 4.90. The van der Waals surface area contributed by atoms with Crippen molar-refractivity contribution in [1.29, 1.82) is 0 Å². The molecule has 0 amide bonds. The smallest absolute Gasteiger partial charge is 0.387 e. The van der Waals surface area contributed by atoms with E-state index in [-0.39, 0.29) is 5.75 Å². The van der Waals surface area contributed by atoms with Crippen LogP contribution in [0.3, 0.4) is 0 Å². The Morgan fingerprint density at radius 3 is 2.54 bits per heavy atom.